The number of aryl methyl sites for hydroxylation is 2. The van der Waals surface area contributed by atoms with Gasteiger partial charge in [0, 0.05) is 38.3 Å². The van der Waals surface area contributed by atoms with Gasteiger partial charge in [-0.25, -0.2) is 0 Å². The lowest BCUT2D eigenvalue weighted by Crippen LogP contribution is -2.41. The van der Waals surface area contributed by atoms with Crippen molar-refractivity contribution in [3.8, 4) is 0 Å². The van der Waals surface area contributed by atoms with Crippen LogP contribution in [0.2, 0.25) is 0 Å². The first-order valence-electron chi connectivity index (χ1n) is 13.9. The molecule has 0 radical (unpaired) electrons. The average molecular weight is 539 g/mol. The van der Waals surface area contributed by atoms with E-state index in [4.69, 9.17) is 9.47 Å². The fraction of sp³-hybridized carbons (Fsp3) is 0.484. The van der Waals surface area contributed by atoms with Gasteiger partial charge in [-0.2, -0.15) is 0 Å². The van der Waals surface area contributed by atoms with Crippen LogP contribution in [0.3, 0.4) is 0 Å². The van der Waals surface area contributed by atoms with E-state index < -0.39 is 0 Å². The van der Waals surface area contributed by atoms with Crippen molar-refractivity contribution in [1.82, 2.24) is 10.6 Å². The minimum absolute atomic E-state index is 0.177. The summed E-state index contributed by atoms with van der Waals surface area (Å²) in [5, 5.41) is 5.58. The third-order valence-electron chi connectivity index (χ3n) is 6.01. The van der Waals surface area contributed by atoms with Gasteiger partial charge in [0.2, 0.25) is 11.8 Å². The molecule has 0 unspecified atom stereocenters. The van der Waals surface area contributed by atoms with E-state index >= 15 is 0 Å². The van der Waals surface area contributed by atoms with Crippen molar-refractivity contribution in [2.45, 2.75) is 77.2 Å². The highest BCUT2D eigenvalue weighted by Crippen LogP contribution is 2.05. The minimum atomic E-state index is -0.299. The van der Waals surface area contributed by atoms with Crippen LogP contribution in [0, 0.1) is 0 Å². The molecule has 0 saturated heterocycles. The number of benzene rings is 2. The molecule has 0 saturated carbocycles. The van der Waals surface area contributed by atoms with E-state index in [1.54, 1.807) is 6.92 Å². The molecule has 212 valence electrons. The van der Waals surface area contributed by atoms with E-state index in [0.717, 1.165) is 25.7 Å². The van der Waals surface area contributed by atoms with Crippen molar-refractivity contribution < 1.29 is 28.7 Å². The Morgan fingerprint density at radius 2 is 1.10 bits per heavy atom. The molecule has 0 bridgehead atoms. The number of nitrogens with one attached hydrogen (secondary N) is 2. The molecule has 2 aromatic carbocycles. The number of carbonyl (C=O) groups excluding carboxylic acids is 4. The molecule has 0 aromatic heterocycles. The van der Waals surface area contributed by atoms with Gasteiger partial charge in [0.1, 0.15) is 0 Å². The smallest absolute Gasteiger partial charge is 0.305 e. The van der Waals surface area contributed by atoms with Crippen LogP contribution in [0.5, 0.6) is 0 Å². The number of rotatable bonds is 19. The topological polar surface area (TPSA) is 111 Å². The SMILES string of the molecule is C[C@@H](CNC(=O)CCCC(=O)OCCCc1ccccc1)NC(=O)CCCC(=O)OCCCc1ccccc1. The second-order valence-electron chi connectivity index (χ2n) is 9.60. The Kier molecular flexibility index (Phi) is 15.7. The van der Waals surface area contributed by atoms with Gasteiger partial charge < -0.3 is 20.1 Å². The van der Waals surface area contributed by atoms with Crippen molar-refractivity contribution in [2.75, 3.05) is 19.8 Å². The highest BCUT2D eigenvalue weighted by Gasteiger charge is 2.11. The van der Waals surface area contributed by atoms with Gasteiger partial charge >= 0.3 is 11.9 Å². The Morgan fingerprint density at radius 3 is 1.59 bits per heavy atom. The minimum Gasteiger partial charge on any atom is -0.466 e. The first kappa shape index (κ1) is 31.5. The number of hydrogen-bond acceptors (Lipinski definition) is 6. The standard InChI is InChI=1S/C31H42N2O6/c1-25(33-29(35)19-9-21-31(37)39-23-11-17-27-14-6-3-7-15-27)24-32-28(34)18-8-20-30(36)38-22-10-16-26-12-4-2-5-13-26/h2-7,12-15,25H,8-11,16-24H2,1H3,(H,32,34)(H,33,35)/t25-/m0/s1. The lowest BCUT2D eigenvalue weighted by atomic mass is 10.1. The van der Waals surface area contributed by atoms with E-state index in [1.807, 2.05) is 60.7 Å². The average Bonchev–Trinajstić information content (AvgIpc) is 2.93. The van der Waals surface area contributed by atoms with Gasteiger partial charge in [-0.15, -0.1) is 0 Å². The van der Waals surface area contributed by atoms with Crippen LogP contribution in [0.15, 0.2) is 60.7 Å². The number of esters is 2. The monoisotopic (exact) mass is 538 g/mol. The molecule has 39 heavy (non-hydrogen) atoms. The van der Waals surface area contributed by atoms with Crippen LogP contribution >= 0.6 is 0 Å². The predicted octanol–water partition coefficient (Wildman–Crippen LogP) is 4.30. The van der Waals surface area contributed by atoms with E-state index in [-0.39, 0.29) is 62.0 Å². The van der Waals surface area contributed by atoms with Crippen LogP contribution in [0.25, 0.3) is 0 Å². The number of amides is 2. The van der Waals surface area contributed by atoms with Gasteiger partial charge in [-0.05, 0) is 56.6 Å². The van der Waals surface area contributed by atoms with Crippen molar-refractivity contribution in [2.24, 2.45) is 0 Å². The van der Waals surface area contributed by atoms with E-state index in [1.165, 1.54) is 11.1 Å². The molecule has 2 N–H and O–H groups in total. The zero-order chi connectivity index (χ0) is 28.1. The van der Waals surface area contributed by atoms with Crippen molar-refractivity contribution >= 4 is 23.8 Å². The second-order valence-corrected chi connectivity index (χ2v) is 9.60. The second kappa shape index (κ2) is 19.4. The van der Waals surface area contributed by atoms with Gasteiger partial charge in [0.15, 0.2) is 0 Å². The Hall–Kier alpha value is -3.68. The molecule has 1 atom stereocenters. The maximum absolute atomic E-state index is 12.1. The van der Waals surface area contributed by atoms with Crippen LogP contribution in [-0.4, -0.2) is 49.6 Å². The van der Waals surface area contributed by atoms with Gasteiger partial charge in [-0.3, -0.25) is 19.2 Å². The first-order valence-corrected chi connectivity index (χ1v) is 13.9. The van der Waals surface area contributed by atoms with Crippen LogP contribution in [0.4, 0.5) is 0 Å². The van der Waals surface area contributed by atoms with Gasteiger partial charge in [0.25, 0.3) is 0 Å². The molecule has 0 heterocycles. The zero-order valence-corrected chi connectivity index (χ0v) is 23.0. The van der Waals surface area contributed by atoms with Crippen molar-refractivity contribution in [3.05, 3.63) is 71.8 Å². The summed E-state index contributed by atoms with van der Waals surface area (Å²) in [6.07, 6.45) is 4.87. The third-order valence-corrected chi connectivity index (χ3v) is 6.01. The lowest BCUT2D eigenvalue weighted by Gasteiger charge is -2.15. The Morgan fingerprint density at radius 1 is 0.641 bits per heavy atom. The zero-order valence-electron chi connectivity index (χ0n) is 23.0. The van der Waals surface area contributed by atoms with E-state index in [2.05, 4.69) is 10.6 Å². The first-order chi connectivity index (χ1) is 18.9. The molecule has 0 aliphatic carbocycles. The molecule has 0 spiro atoms. The largest absolute Gasteiger partial charge is 0.466 e. The van der Waals surface area contributed by atoms with E-state index in [9.17, 15) is 19.2 Å². The Labute approximate surface area is 231 Å². The van der Waals surface area contributed by atoms with Gasteiger partial charge in [0.05, 0.1) is 13.2 Å². The summed E-state index contributed by atoms with van der Waals surface area (Å²) in [7, 11) is 0. The van der Waals surface area contributed by atoms with Gasteiger partial charge in [-0.1, -0.05) is 60.7 Å². The van der Waals surface area contributed by atoms with E-state index in [0.29, 0.717) is 26.1 Å². The summed E-state index contributed by atoms with van der Waals surface area (Å²) < 4.78 is 10.5. The van der Waals surface area contributed by atoms with Crippen molar-refractivity contribution in [1.29, 1.82) is 0 Å². The number of ether oxygens (including phenoxy) is 2. The summed E-state index contributed by atoms with van der Waals surface area (Å²) in [5.74, 6) is -0.952. The summed E-state index contributed by atoms with van der Waals surface area (Å²) in [6, 6.07) is 19.8. The molecule has 0 fully saturated rings. The van der Waals surface area contributed by atoms with Crippen LogP contribution in [-0.2, 0) is 41.5 Å². The normalized spacial score (nSPS) is 11.3. The molecular weight excluding hydrogens is 496 g/mol. The molecule has 0 aliphatic rings. The number of carbonyl (C=O) groups is 4. The molecule has 0 aliphatic heterocycles. The maximum Gasteiger partial charge on any atom is 0.305 e. The fourth-order valence-corrected chi connectivity index (χ4v) is 3.90. The Bertz CT molecular complexity index is 997. The molecular formula is C31H42N2O6. The lowest BCUT2D eigenvalue weighted by molar-refractivity contribution is -0.145. The number of hydrogen-bond donors (Lipinski definition) is 2. The Balaban J connectivity index is 1.42. The highest BCUT2D eigenvalue weighted by atomic mass is 16.5. The van der Waals surface area contributed by atoms with Crippen LogP contribution in [0.1, 0.15) is 69.4 Å². The van der Waals surface area contributed by atoms with Crippen LogP contribution < -0.4 is 10.6 Å². The predicted molar refractivity (Wildman–Crippen MR) is 150 cm³/mol. The summed E-state index contributed by atoms with van der Waals surface area (Å²) in [5.41, 5.74) is 2.42. The molecule has 8 heteroatoms. The molecule has 8 nitrogen and oxygen atoms in total. The summed E-state index contributed by atoms with van der Waals surface area (Å²) >= 11 is 0. The molecule has 2 aromatic rings. The third kappa shape index (κ3) is 16.0. The molecule has 2 amide bonds. The van der Waals surface area contributed by atoms with Crippen molar-refractivity contribution in [3.63, 3.8) is 0 Å². The quantitative estimate of drug-likeness (QED) is 0.204. The highest BCUT2D eigenvalue weighted by molar-refractivity contribution is 5.78. The summed E-state index contributed by atoms with van der Waals surface area (Å²) in [6.45, 7) is 2.82. The fourth-order valence-electron chi connectivity index (χ4n) is 3.90. The summed E-state index contributed by atoms with van der Waals surface area (Å²) in [4.78, 5) is 47.8. The maximum atomic E-state index is 12.1. The molecule has 2 rings (SSSR count).